The maximum absolute atomic E-state index is 12.4. The van der Waals surface area contributed by atoms with E-state index in [4.69, 9.17) is 0 Å². The van der Waals surface area contributed by atoms with Gasteiger partial charge in [0, 0.05) is 21.9 Å². The molecule has 1 aromatic carbocycles. The lowest BCUT2D eigenvalue weighted by Crippen LogP contribution is -2.22. The maximum atomic E-state index is 12.4. The summed E-state index contributed by atoms with van der Waals surface area (Å²) in [6.45, 7) is 6.99. The number of aryl methyl sites for hydroxylation is 1. The van der Waals surface area contributed by atoms with Gasteiger partial charge in [0.15, 0.2) is 5.78 Å². The predicted molar refractivity (Wildman–Crippen MR) is 101 cm³/mol. The number of carbonyl (C=O) groups is 1. The zero-order chi connectivity index (χ0) is 16.6. The van der Waals surface area contributed by atoms with Crippen LogP contribution in [0, 0.1) is 5.41 Å². The Balaban J connectivity index is 2.18. The highest BCUT2D eigenvalue weighted by molar-refractivity contribution is 7.78. The van der Waals surface area contributed by atoms with Gasteiger partial charge in [0.25, 0.3) is 0 Å². The molecule has 23 heavy (non-hydrogen) atoms. The number of hydrogen-bond donors (Lipinski definition) is 2. The van der Waals surface area contributed by atoms with E-state index in [-0.39, 0.29) is 11.2 Å². The molecule has 2 aromatic rings. The topological polar surface area (TPSA) is 29.1 Å². The second kappa shape index (κ2) is 6.42. The van der Waals surface area contributed by atoms with Gasteiger partial charge in [0.2, 0.25) is 0 Å². The quantitative estimate of drug-likeness (QED) is 0.598. The fourth-order valence-corrected chi connectivity index (χ4v) is 5.06. The lowest BCUT2D eigenvalue weighted by atomic mass is 9.75. The Morgan fingerprint density at radius 2 is 2.09 bits per heavy atom. The van der Waals surface area contributed by atoms with E-state index in [1.165, 1.54) is 22.4 Å². The van der Waals surface area contributed by atoms with Gasteiger partial charge < -0.3 is 0 Å². The highest BCUT2D eigenvalue weighted by atomic mass is 32.1. The molecule has 0 spiro atoms. The average molecular weight is 346 g/mol. The highest BCUT2D eigenvalue weighted by Gasteiger charge is 2.32. The molecule has 0 amide bonds. The van der Waals surface area contributed by atoms with Crippen LogP contribution in [0.25, 0.3) is 10.4 Å². The summed E-state index contributed by atoms with van der Waals surface area (Å²) in [6.07, 6.45) is 3.28. The minimum absolute atomic E-state index is 0.184. The Hall–Kier alpha value is -1.10. The van der Waals surface area contributed by atoms with Gasteiger partial charge in [-0.15, -0.1) is 11.3 Å². The van der Waals surface area contributed by atoms with Crippen molar-refractivity contribution in [1.82, 2.24) is 4.72 Å². The molecule has 1 aliphatic carbocycles. The molecule has 0 radical (unpaired) electrons. The van der Waals surface area contributed by atoms with Gasteiger partial charge >= 0.3 is 0 Å². The summed E-state index contributed by atoms with van der Waals surface area (Å²) in [5.74, 6) is 0.184. The Labute approximate surface area is 147 Å². The molecular weight excluding hydrogens is 322 g/mol. The maximum Gasteiger partial charge on any atom is 0.161 e. The molecule has 0 bridgehead atoms. The molecule has 0 aliphatic heterocycles. The largest absolute Gasteiger partial charge is 0.294 e. The molecular formula is C19H23NOS2. The van der Waals surface area contributed by atoms with Crippen LogP contribution in [0.5, 0.6) is 0 Å². The van der Waals surface area contributed by atoms with E-state index >= 15 is 0 Å². The summed E-state index contributed by atoms with van der Waals surface area (Å²) < 4.78 is 2.93. The van der Waals surface area contributed by atoms with Crippen molar-refractivity contribution in [3.63, 3.8) is 0 Å². The number of rotatable bonds is 4. The Kier molecular flexibility index (Phi) is 4.68. The summed E-state index contributed by atoms with van der Waals surface area (Å²) in [5.41, 5.74) is 4.87. The molecule has 1 aliphatic rings. The summed E-state index contributed by atoms with van der Waals surface area (Å²) in [4.78, 5) is 15.0. The predicted octanol–water partition coefficient (Wildman–Crippen LogP) is 5.07. The second-order valence-corrected chi connectivity index (χ2v) is 8.52. The third-order valence-electron chi connectivity index (χ3n) is 4.66. The molecule has 0 fully saturated rings. The lowest BCUT2D eigenvalue weighted by molar-refractivity contribution is 0.101. The van der Waals surface area contributed by atoms with Crippen LogP contribution in [0.2, 0.25) is 0 Å². The van der Waals surface area contributed by atoms with E-state index in [1.54, 1.807) is 6.92 Å². The van der Waals surface area contributed by atoms with Crippen LogP contribution in [-0.4, -0.2) is 5.78 Å². The third-order valence-corrected chi connectivity index (χ3v) is 6.14. The Bertz CT molecular complexity index is 746. The van der Waals surface area contributed by atoms with Crippen molar-refractivity contribution in [3.8, 4) is 10.4 Å². The van der Waals surface area contributed by atoms with Crippen LogP contribution in [-0.2, 0) is 19.4 Å². The molecule has 0 unspecified atom stereocenters. The fourth-order valence-electron chi connectivity index (χ4n) is 3.46. The zero-order valence-corrected chi connectivity index (χ0v) is 15.6. The normalized spacial score (nSPS) is 16.2. The average Bonchev–Trinajstić information content (AvgIpc) is 2.85. The fraction of sp³-hybridized carbons (Fsp3) is 0.421. The van der Waals surface area contributed by atoms with Crippen molar-refractivity contribution < 1.29 is 4.79 Å². The molecule has 1 aromatic heterocycles. The highest BCUT2D eigenvalue weighted by Crippen LogP contribution is 2.45. The molecule has 0 saturated heterocycles. The molecule has 0 atom stereocenters. The molecule has 3 rings (SSSR count). The van der Waals surface area contributed by atoms with E-state index in [0.717, 1.165) is 28.8 Å². The van der Waals surface area contributed by atoms with Gasteiger partial charge in [-0.2, -0.15) is 0 Å². The first kappa shape index (κ1) is 16.7. The van der Waals surface area contributed by atoms with Crippen LogP contribution in [0.15, 0.2) is 24.3 Å². The summed E-state index contributed by atoms with van der Waals surface area (Å²) in [7, 11) is 0. The first-order valence-corrected chi connectivity index (χ1v) is 9.30. The van der Waals surface area contributed by atoms with Gasteiger partial charge in [-0.25, -0.2) is 0 Å². The third kappa shape index (κ3) is 3.25. The zero-order valence-electron chi connectivity index (χ0n) is 13.9. The minimum atomic E-state index is 0.184. The molecule has 1 heterocycles. The van der Waals surface area contributed by atoms with Crippen molar-refractivity contribution in [2.24, 2.45) is 5.41 Å². The van der Waals surface area contributed by atoms with Crippen LogP contribution in [0.3, 0.4) is 0 Å². The number of hydrogen-bond acceptors (Lipinski definition) is 4. The van der Waals surface area contributed by atoms with E-state index in [0.29, 0.717) is 6.54 Å². The van der Waals surface area contributed by atoms with Crippen LogP contribution < -0.4 is 4.72 Å². The number of ketones is 1. The van der Waals surface area contributed by atoms with Gasteiger partial charge in [-0.3, -0.25) is 9.52 Å². The molecule has 4 heteroatoms. The lowest BCUT2D eigenvalue weighted by Gasteiger charge is -2.29. The molecule has 2 nitrogen and oxygen atoms in total. The number of carbonyl (C=O) groups excluding carboxylic acids is 1. The van der Waals surface area contributed by atoms with Gasteiger partial charge in [-0.1, -0.05) is 50.9 Å². The number of Topliss-reactive ketones (excluding diaryl/α,β-unsaturated/α-hetero) is 1. The number of thiophene rings is 1. The number of thiol groups is 1. The number of benzene rings is 1. The van der Waals surface area contributed by atoms with E-state index < -0.39 is 0 Å². The van der Waals surface area contributed by atoms with Crippen molar-refractivity contribution >= 4 is 29.9 Å². The molecule has 122 valence electrons. The van der Waals surface area contributed by atoms with Gasteiger partial charge in [0.05, 0.1) is 0 Å². The second-order valence-electron chi connectivity index (χ2n) is 7.10. The van der Waals surface area contributed by atoms with Crippen LogP contribution >= 0.6 is 24.2 Å². The summed E-state index contributed by atoms with van der Waals surface area (Å²) >= 11 is 5.95. The smallest absolute Gasteiger partial charge is 0.161 e. The first-order valence-electron chi connectivity index (χ1n) is 8.03. The Morgan fingerprint density at radius 1 is 1.35 bits per heavy atom. The van der Waals surface area contributed by atoms with E-state index in [2.05, 4.69) is 43.5 Å². The summed E-state index contributed by atoms with van der Waals surface area (Å²) in [5, 5.41) is 0. The van der Waals surface area contributed by atoms with Gasteiger partial charge in [0.1, 0.15) is 0 Å². The first-order chi connectivity index (χ1) is 10.9. The van der Waals surface area contributed by atoms with E-state index in [9.17, 15) is 4.79 Å². The Morgan fingerprint density at radius 3 is 2.78 bits per heavy atom. The number of nitrogens with one attached hydrogen (secondary N) is 1. The van der Waals surface area contributed by atoms with Crippen molar-refractivity contribution in [2.75, 3.05) is 0 Å². The number of fused-ring (bicyclic) bond motifs is 1. The molecule has 1 N–H and O–H groups in total. The van der Waals surface area contributed by atoms with Crippen LogP contribution in [0.4, 0.5) is 0 Å². The molecule has 0 saturated carbocycles. The minimum Gasteiger partial charge on any atom is -0.294 e. The standard InChI is InChI=1S/C19H23NOS2/c1-12(21)17-15-10-19(2,3)9-8-16(15)23-18(17)14-7-5-4-6-13(14)11-20-22/h4-7,20,22H,8-11H2,1-3H3. The van der Waals surface area contributed by atoms with Crippen molar-refractivity contribution in [3.05, 3.63) is 45.8 Å². The van der Waals surface area contributed by atoms with Gasteiger partial charge in [-0.05, 0) is 48.3 Å². The monoisotopic (exact) mass is 345 g/mol. The van der Waals surface area contributed by atoms with E-state index in [1.807, 2.05) is 23.5 Å². The van der Waals surface area contributed by atoms with Crippen molar-refractivity contribution in [2.45, 2.75) is 46.6 Å². The van der Waals surface area contributed by atoms with Crippen molar-refractivity contribution in [1.29, 1.82) is 0 Å². The summed E-state index contributed by atoms with van der Waals surface area (Å²) in [6, 6.07) is 8.30. The SMILES string of the molecule is CC(=O)c1c(-c2ccccc2CNS)sc2c1CC(C)(C)CC2. The van der Waals surface area contributed by atoms with Crippen LogP contribution in [0.1, 0.15) is 53.6 Å².